The zero-order valence-electron chi connectivity index (χ0n) is 16.3. The normalized spacial score (nSPS) is 20.0. The SMILES string of the molecule is CC(=O)N1CC2(CCC(c3nn(C)c(N)c3C(=O)Nc3ccc(F)c(Cl)c3)C2)C1. The lowest BCUT2D eigenvalue weighted by molar-refractivity contribution is -0.140. The van der Waals surface area contributed by atoms with E-state index in [1.807, 2.05) is 4.90 Å². The monoisotopic (exact) mass is 419 g/mol. The van der Waals surface area contributed by atoms with E-state index in [1.165, 1.54) is 22.9 Å². The van der Waals surface area contributed by atoms with Gasteiger partial charge in [-0.2, -0.15) is 5.10 Å². The number of aromatic nitrogens is 2. The molecule has 1 unspecified atom stereocenters. The van der Waals surface area contributed by atoms with E-state index in [4.69, 9.17) is 17.3 Å². The summed E-state index contributed by atoms with van der Waals surface area (Å²) in [7, 11) is 1.70. The Morgan fingerprint density at radius 1 is 1.38 bits per heavy atom. The van der Waals surface area contributed by atoms with Crippen molar-refractivity contribution in [2.75, 3.05) is 24.1 Å². The van der Waals surface area contributed by atoms with E-state index in [0.717, 1.165) is 32.4 Å². The molecule has 1 atom stereocenters. The van der Waals surface area contributed by atoms with Crippen LogP contribution in [0.2, 0.25) is 5.02 Å². The van der Waals surface area contributed by atoms with Crippen LogP contribution < -0.4 is 11.1 Å². The number of carbonyl (C=O) groups excluding carboxylic acids is 2. The molecule has 2 heterocycles. The first-order chi connectivity index (χ1) is 13.7. The van der Waals surface area contributed by atoms with Crippen LogP contribution in [-0.2, 0) is 11.8 Å². The molecule has 2 aliphatic rings. The highest BCUT2D eigenvalue weighted by atomic mass is 35.5. The molecule has 29 heavy (non-hydrogen) atoms. The van der Waals surface area contributed by atoms with Gasteiger partial charge in [-0.15, -0.1) is 0 Å². The van der Waals surface area contributed by atoms with Crippen molar-refractivity contribution < 1.29 is 14.0 Å². The minimum Gasteiger partial charge on any atom is -0.383 e. The summed E-state index contributed by atoms with van der Waals surface area (Å²) in [6.45, 7) is 3.11. The van der Waals surface area contributed by atoms with E-state index in [1.54, 1.807) is 14.0 Å². The third kappa shape index (κ3) is 3.46. The smallest absolute Gasteiger partial charge is 0.261 e. The molecule has 1 saturated carbocycles. The minimum absolute atomic E-state index is 0.0695. The number of hydrogen-bond donors (Lipinski definition) is 2. The maximum atomic E-state index is 13.4. The second-order valence-electron chi connectivity index (χ2n) is 8.17. The third-order valence-electron chi connectivity index (χ3n) is 6.11. The highest BCUT2D eigenvalue weighted by Crippen LogP contribution is 2.52. The zero-order chi connectivity index (χ0) is 20.9. The fourth-order valence-corrected chi connectivity index (χ4v) is 4.74. The Hall–Kier alpha value is -2.61. The second-order valence-corrected chi connectivity index (χ2v) is 8.57. The summed E-state index contributed by atoms with van der Waals surface area (Å²) in [5.41, 5.74) is 7.67. The number of likely N-dealkylation sites (tertiary alicyclic amines) is 1. The lowest BCUT2D eigenvalue weighted by Gasteiger charge is -2.48. The highest BCUT2D eigenvalue weighted by Gasteiger charge is 2.50. The van der Waals surface area contributed by atoms with Crippen molar-refractivity contribution in [3.05, 3.63) is 40.3 Å². The van der Waals surface area contributed by atoms with Crippen LogP contribution in [0.4, 0.5) is 15.9 Å². The van der Waals surface area contributed by atoms with E-state index in [0.29, 0.717) is 16.9 Å². The number of anilines is 2. The Kier molecular flexibility index (Phi) is 4.77. The first-order valence-electron chi connectivity index (χ1n) is 9.53. The van der Waals surface area contributed by atoms with Gasteiger partial charge >= 0.3 is 0 Å². The number of nitrogens with two attached hydrogens (primary N) is 1. The van der Waals surface area contributed by atoms with Crippen molar-refractivity contribution in [3.8, 4) is 0 Å². The molecule has 2 fully saturated rings. The maximum Gasteiger partial charge on any atom is 0.261 e. The Bertz CT molecular complexity index is 999. The van der Waals surface area contributed by atoms with E-state index in [2.05, 4.69) is 10.4 Å². The standard InChI is InChI=1S/C20H23ClFN5O2/c1-11(28)27-9-20(10-27)6-5-12(8-20)17-16(18(23)26(2)25-17)19(29)24-13-3-4-15(22)14(21)7-13/h3-4,7,12H,5-6,8-10,23H2,1-2H3,(H,24,29). The molecule has 3 N–H and O–H groups in total. The van der Waals surface area contributed by atoms with Crippen molar-refractivity contribution >= 4 is 34.9 Å². The number of rotatable bonds is 3. The van der Waals surface area contributed by atoms with E-state index >= 15 is 0 Å². The van der Waals surface area contributed by atoms with Gasteiger partial charge in [0.1, 0.15) is 17.2 Å². The zero-order valence-corrected chi connectivity index (χ0v) is 17.1. The largest absolute Gasteiger partial charge is 0.383 e. The number of nitrogen functional groups attached to an aromatic ring is 1. The van der Waals surface area contributed by atoms with Gasteiger partial charge in [-0.1, -0.05) is 11.6 Å². The molecule has 1 saturated heterocycles. The average Bonchev–Trinajstić information content (AvgIpc) is 3.19. The number of benzene rings is 1. The number of nitrogens with one attached hydrogen (secondary N) is 1. The summed E-state index contributed by atoms with van der Waals surface area (Å²) in [6, 6.07) is 4.00. The van der Waals surface area contributed by atoms with Crippen molar-refractivity contribution in [1.29, 1.82) is 0 Å². The second kappa shape index (κ2) is 7.02. The average molecular weight is 420 g/mol. The summed E-state index contributed by atoms with van der Waals surface area (Å²) in [4.78, 5) is 26.4. The molecule has 1 aromatic heterocycles. The van der Waals surface area contributed by atoms with Crippen molar-refractivity contribution in [1.82, 2.24) is 14.7 Å². The minimum atomic E-state index is -0.553. The molecule has 0 bridgehead atoms. The first kappa shape index (κ1) is 19.7. The van der Waals surface area contributed by atoms with Crippen LogP contribution >= 0.6 is 11.6 Å². The van der Waals surface area contributed by atoms with Gasteiger partial charge in [-0.3, -0.25) is 14.3 Å². The highest BCUT2D eigenvalue weighted by molar-refractivity contribution is 6.31. The lowest BCUT2D eigenvalue weighted by Crippen LogP contribution is -2.56. The fraction of sp³-hybridized carbons (Fsp3) is 0.450. The number of hydrogen-bond acceptors (Lipinski definition) is 4. The first-order valence-corrected chi connectivity index (χ1v) is 9.91. The van der Waals surface area contributed by atoms with Crippen molar-refractivity contribution in [2.45, 2.75) is 32.1 Å². The molecule has 4 rings (SSSR count). The molecule has 1 aliphatic carbocycles. The molecular weight excluding hydrogens is 397 g/mol. The molecule has 1 aromatic carbocycles. The van der Waals surface area contributed by atoms with Gasteiger partial charge < -0.3 is 16.0 Å². The maximum absolute atomic E-state index is 13.4. The molecule has 9 heteroatoms. The molecule has 0 radical (unpaired) electrons. The summed E-state index contributed by atoms with van der Waals surface area (Å²) in [5.74, 6) is -0.467. The number of nitrogens with zero attached hydrogens (tertiary/aromatic N) is 3. The number of amides is 2. The van der Waals surface area contributed by atoms with Crippen LogP contribution in [-0.4, -0.2) is 39.6 Å². The Morgan fingerprint density at radius 3 is 2.76 bits per heavy atom. The van der Waals surface area contributed by atoms with Crippen LogP contribution in [0.3, 0.4) is 0 Å². The van der Waals surface area contributed by atoms with Crippen LogP contribution in [0.15, 0.2) is 18.2 Å². The molecule has 1 spiro atoms. The summed E-state index contributed by atoms with van der Waals surface area (Å²) >= 11 is 5.81. The predicted molar refractivity (Wildman–Crippen MR) is 108 cm³/mol. The molecule has 2 amide bonds. The van der Waals surface area contributed by atoms with Gasteiger partial charge in [0.25, 0.3) is 5.91 Å². The van der Waals surface area contributed by atoms with Crippen LogP contribution in [0.25, 0.3) is 0 Å². The van der Waals surface area contributed by atoms with Crippen LogP contribution in [0.1, 0.15) is 48.2 Å². The molecule has 7 nitrogen and oxygen atoms in total. The Balaban J connectivity index is 1.55. The van der Waals surface area contributed by atoms with E-state index in [9.17, 15) is 14.0 Å². The van der Waals surface area contributed by atoms with Gasteiger partial charge in [0.05, 0.1) is 10.7 Å². The van der Waals surface area contributed by atoms with Crippen LogP contribution in [0, 0.1) is 11.2 Å². The molecule has 1 aliphatic heterocycles. The molecule has 154 valence electrons. The van der Waals surface area contributed by atoms with Gasteiger partial charge in [-0.25, -0.2) is 4.39 Å². The van der Waals surface area contributed by atoms with Gasteiger partial charge in [-0.05, 0) is 37.5 Å². The molecular formula is C20H23ClFN5O2. The van der Waals surface area contributed by atoms with Crippen molar-refractivity contribution in [3.63, 3.8) is 0 Å². The Labute approximate surface area is 173 Å². The van der Waals surface area contributed by atoms with Gasteiger partial charge in [0.2, 0.25) is 5.91 Å². The quantitative estimate of drug-likeness (QED) is 0.799. The summed E-state index contributed by atoms with van der Waals surface area (Å²) in [5, 5.41) is 7.20. The van der Waals surface area contributed by atoms with Crippen molar-refractivity contribution in [2.24, 2.45) is 12.5 Å². The van der Waals surface area contributed by atoms with Gasteiger partial charge in [0, 0.05) is 44.1 Å². The molecule has 2 aromatic rings. The number of aryl methyl sites for hydroxylation is 1. The Morgan fingerprint density at radius 2 is 2.10 bits per heavy atom. The van der Waals surface area contributed by atoms with E-state index < -0.39 is 11.7 Å². The summed E-state index contributed by atoms with van der Waals surface area (Å²) in [6.07, 6.45) is 2.76. The van der Waals surface area contributed by atoms with E-state index in [-0.39, 0.29) is 28.1 Å². The predicted octanol–water partition coefficient (Wildman–Crippen LogP) is 3.16. The fourth-order valence-electron chi connectivity index (χ4n) is 4.56. The topological polar surface area (TPSA) is 93.2 Å². The van der Waals surface area contributed by atoms with Crippen LogP contribution in [0.5, 0.6) is 0 Å². The number of carbonyl (C=O) groups is 2. The third-order valence-corrected chi connectivity index (χ3v) is 6.40. The number of halogens is 2. The lowest BCUT2D eigenvalue weighted by atomic mass is 9.77. The summed E-state index contributed by atoms with van der Waals surface area (Å²) < 4.78 is 14.9. The van der Waals surface area contributed by atoms with Gasteiger partial charge in [0.15, 0.2) is 0 Å².